The van der Waals surface area contributed by atoms with E-state index in [4.69, 9.17) is 0 Å². The van der Waals surface area contributed by atoms with Gasteiger partial charge in [0.2, 0.25) is 17.7 Å². The maximum atomic E-state index is 12.7. The van der Waals surface area contributed by atoms with Crippen LogP contribution in [0.25, 0.3) is 0 Å². The number of thioether (sulfide) groups is 1. The average molecular weight is 405 g/mol. The van der Waals surface area contributed by atoms with Crippen molar-refractivity contribution >= 4 is 35.2 Å². The first-order valence-electron chi connectivity index (χ1n) is 9.80. The second-order valence-electron chi connectivity index (χ2n) is 9.31. The van der Waals surface area contributed by atoms with E-state index >= 15 is 0 Å². The molecule has 5 nitrogen and oxygen atoms in total. The molecule has 1 unspecified atom stereocenters. The Kier molecular flexibility index (Phi) is 6.97. The first-order chi connectivity index (χ1) is 12.9. The lowest BCUT2D eigenvalue weighted by Gasteiger charge is -2.21. The molecule has 1 heterocycles. The van der Waals surface area contributed by atoms with Crippen molar-refractivity contribution in [3.05, 3.63) is 29.8 Å². The average Bonchev–Trinajstić information content (AvgIpc) is 2.78. The summed E-state index contributed by atoms with van der Waals surface area (Å²) in [5.41, 5.74) is 1.50. The van der Waals surface area contributed by atoms with Crippen LogP contribution in [0, 0.1) is 0 Å². The van der Waals surface area contributed by atoms with Gasteiger partial charge < -0.3 is 5.32 Å². The highest BCUT2D eigenvalue weighted by Crippen LogP contribution is 2.36. The quantitative estimate of drug-likeness (QED) is 0.725. The number of aryl methyl sites for hydroxylation is 1. The zero-order chi connectivity index (χ0) is 21.1. The van der Waals surface area contributed by atoms with E-state index in [1.54, 1.807) is 11.8 Å². The Labute approximate surface area is 172 Å². The number of carbonyl (C=O) groups is 3. The third kappa shape index (κ3) is 6.66. The fourth-order valence-electron chi connectivity index (χ4n) is 3.14. The van der Waals surface area contributed by atoms with Gasteiger partial charge in [0.15, 0.2) is 0 Å². The molecule has 1 fully saturated rings. The van der Waals surface area contributed by atoms with Crippen LogP contribution in [0.5, 0.6) is 0 Å². The van der Waals surface area contributed by atoms with E-state index in [0.29, 0.717) is 12.1 Å². The van der Waals surface area contributed by atoms with E-state index in [0.717, 1.165) is 18.4 Å². The summed E-state index contributed by atoms with van der Waals surface area (Å²) in [5.74, 6) is -0.213. The number of carbonyl (C=O) groups excluding carboxylic acids is 3. The van der Waals surface area contributed by atoms with Crippen LogP contribution >= 0.6 is 11.8 Å². The Balaban J connectivity index is 1.92. The van der Waals surface area contributed by atoms with Gasteiger partial charge in [0.1, 0.15) is 0 Å². The first kappa shape index (κ1) is 22.5. The number of nitrogens with one attached hydrogen (secondary N) is 1. The number of imide groups is 1. The third-order valence-electron chi connectivity index (χ3n) is 4.18. The Bertz CT molecular complexity index is 730. The number of hydrogen-bond acceptors (Lipinski definition) is 4. The minimum atomic E-state index is -0.312. The van der Waals surface area contributed by atoms with Gasteiger partial charge in [-0.25, -0.2) is 4.90 Å². The van der Waals surface area contributed by atoms with Crippen LogP contribution in [0.1, 0.15) is 66.4 Å². The number of hydrogen-bond donors (Lipinski definition) is 1. The van der Waals surface area contributed by atoms with Crippen LogP contribution < -0.4 is 10.2 Å². The summed E-state index contributed by atoms with van der Waals surface area (Å²) >= 11 is 1.55. The second kappa shape index (κ2) is 8.68. The maximum Gasteiger partial charge on any atom is 0.247 e. The number of rotatable bonds is 6. The molecule has 0 bridgehead atoms. The Morgan fingerprint density at radius 2 is 1.71 bits per heavy atom. The molecular weight excluding hydrogens is 372 g/mol. The molecule has 1 aromatic carbocycles. The molecule has 0 saturated carbocycles. The lowest BCUT2D eigenvalue weighted by atomic mass is 10.1. The maximum absolute atomic E-state index is 12.7. The largest absolute Gasteiger partial charge is 0.352 e. The Hall–Kier alpha value is -1.82. The van der Waals surface area contributed by atoms with E-state index in [2.05, 4.69) is 26.1 Å². The van der Waals surface area contributed by atoms with Crippen LogP contribution in [0.15, 0.2) is 24.3 Å². The van der Waals surface area contributed by atoms with Crippen LogP contribution in [0.3, 0.4) is 0 Å². The van der Waals surface area contributed by atoms with Crippen LogP contribution in [0.4, 0.5) is 5.69 Å². The summed E-state index contributed by atoms with van der Waals surface area (Å²) in [7, 11) is 0. The molecule has 0 aromatic heterocycles. The van der Waals surface area contributed by atoms with Gasteiger partial charge in [0.05, 0.1) is 10.9 Å². The van der Waals surface area contributed by atoms with E-state index in [1.165, 1.54) is 4.90 Å². The van der Waals surface area contributed by atoms with Crippen molar-refractivity contribution in [3.8, 4) is 0 Å². The second-order valence-corrected chi connectivity index (χ2v) is 11.3. The van der Waals surface area contributed by atoms with Crippen molar-refractivity contribution in [2.45, 2.75) is 82.8 Å². The number of nitrogens with zero attached hydrogens (tertiary/aromatic N) is 1. The van der Waals surface area contributed by atoms with Crippen LogP contribution in [-0.2, 0) is 20.8 Å². The molecule has 3 amide bonds. The molecule has 1 aromatic rings. The summed E-state index contributed by atoms with van der Waals surface area (Å²) in [6.45, 7) is 12.1. The monoisotopic (exact) mass is 404 g/mol. The van der Waals surface area contributed by atoms with Gasteiger partial charge >= 0.3 is 0 Å². The van der Waals surface area contributed by atoms with Crippen LogP contribution in [-0.4, -0.2) is 33.3 Å². The predicted octanol–water partition coefficient (Wildman–Crippen LogP) is 4.09. The fourth-order valence-corrected chi connectivity index (χ4v) is 4.43. The Morgan fingerprint density at radius 1 is 1.11 bits per heavy atom. The standard InChI is InChI=1S/C22H32N2O3S/c1-21(2,3)23-18(25)9-7-8-15-10-12-16(13-11-15)24-19(26)14-17(20(24)27)28-22(4,5)6/h10-13,17H,7-9,14H2,1-6H3,(H,23,25). The molecule has 0 spiro atoms. The molecule has 2 rings (SSSR count). The number of anilines is 1. The molecule has 1 saturated heterocycles. The molecule has 1 atom stereocenters. The summed E-state index contributed by atoms with van der Waals surface area (Å²) in [5, 5.41) is 2.65. The van der Waals surface area contributed by atoms with Crippen molar-refractivity contribution in [3.63, 3.8) is 0 Å². The van der Waals surface area contributed by atoms with Gasteiger partial charge in [-0.15, -0.1) is 11.8 Å². The van der Waals surface area contributed by atoms with Crippen LogP contribution in [0.2, 0.25) is 0 Å². The SMILES string of the molecule is CC(C)(C)NC(=O)CCCc1ccc(N2C(=O)CC(SC(C)(C)C)C2=O)cc1. The van der Waals surface area contributed by atoms with Gasteiger partial charge in [-0.2, -0.15) is 0 Å². The lowest BCUT2D eigenvalue weighted by Crippen LogP contribution is -2.40. The van der Waals surface area contributed by atoms with Gasteiger partial charge in [-0.1, -0.05) is 32.9 Å². The van der Waals surface area contributed by atoms with Gasteiger partial charge in [-0.05, 0) is 51.3 Å². The first-order valence-corrected chi connectivity index (χ1v) is 10.7. The molecule has 0 aliphatic carbocycles. The molecular formula is C22H32N2O3S. The topological polar surface area (TPSA) is 66.5 Å². The minimum Gasteiger partial charge on any atom is -0.352 e. The third-order valence-corrected chi connectivity index (χ3v) is 5.54. The summed E-state index contributed by atoms with van der Waals surface area (Å²) in [6, 6.07) is 7.51. The summed E-state index contributed by atoms with van der Waals surface area (Å²) in [4.78, 5) is 38.2. The van der Waals surface area contributed by atoms with Crippen molar-refractivity contribution < 1.29 is 14.4 Å². The van der Waals surface area contributed by atoms with E-state index in [-0.39, 0.29) is 39.7 Å². The normalized spacial score (nSPS) is 17.9. The molecule has 154 valence electrons. The minimum absolute atomic E-state index is 0.0553. The highest BCUT2D eigenvalue weighted by atomic mass is 32.2. The van der Waals surface area contributed by atoms with Gasteiger partial charge in [-0.3, -0.25) is 14.4 Å². The zero-order valence-corrected chi connectivity index (χ0v) is 18.6. The number of benzene rings is 1. The number of amides is 3. The van der Waals surface area contributed by atoms with E-state index in [9.17, 15) is 14.4 Å². The zero-order valence-electron chi connectivity index (χ0n) is 17.8. The van der Waals surface area contributed by atoms with E-state index in [1.807, 2.05) is 45.0 Å². The van der Waals surface area contributed by atoms with Crippen molar-refractivity contribution in [2.75, 3.05) is 4.90 Å². The fraction of sp³-hybridized carbons (Fsp3) is 0.591. The lowest BCUT2D eigenvalue weighted by molar-refractivity contribution is -0.123. The predicted molar refractivity (Wildman–Crippen MR) is 116 cm³/mol. The van der Waals surface area contributed by atoms with Crippen molar-refractivity contribution in [2.24, 2.45) is 0 Å². The molecule has 0 radical (unpaired) electrons. The van der Waals surface area contributed by atoms with Crippen molar-refractivity contribution in [1.29, 1.82) is 0 Å². The van der Waals surface area contributed by atoms with E-state index < -0.39 is 0 Å². The highest BCUT2D eigenvalue weighted by molar-refractivity contribution is 8.02. The molecule has 1 aliphatic heterocycles. The smallest absolute Gasteiger partial charge is 0.247 e. The molecule has 1 N–H and O–H groups in total. The summed E-state index contributed by atoms with van der Waals surface area (Å²) < 4.78 is -0.0697. The molecule has 28 heavy (non-hydrogen) atoms. The van der Waals surface area contributed by atoms with Gasteiger partial charge in [0, 0.05) is 23.1 Å². The molecule has 1 aliphatic rings. The highest BCUT2D eigenvalue weighted by Gasteiger charge is 2.41. The summed E-state index contributed by atoms with van der Waals surface area (Å²) in [6.07, 6.45) is 2.27. The molecule has 6 heteroatoms. The van der Waals surface area contributed by atoms with Gasteiger partial charge in [0.25, 0.3) is 0 Å². The Morgan fingerprint density at radius 3 is 2.25 bits per heavy atom. The van der Waals surface area contributed by atoms with Crippen molar-refractivity contribution in [1.82, 2.24) is 5.32 Å².